The number of carbonyl (C=O) groups is 1. The van der Waals surface area contributed by atoms with Crippen LogP contribution in [0, 0.1) is 24.2 Å². The van der Waals surface area contributed by atoms with E-state index in [1.165, 1.54) is 13.0 Å². The molecule has 0 aliphatic heterocycles. The van der Waals surface area contributed by atoms with Gasteiger partial charge in [-0.15, -0.1) is 0 Å². The average molecular weight is 378 g/mol. The van der Waals surface area contributed by atoms with Crippen molar-refractivity contribution in [1.29, 1.82) is 5.26 Å². The van der Waals surface area contributed by atoms with E-state index in [0.29, 0.717) is 16.8 Å². The summed E-state index contributed by atoms with van der Waals surface area (Å²) in [5.74, 6) is 1.23. The van der Waals surface area contributed by atoms with Crippen LogP contribution in [0.2, 0.25) is 0 Å². The van der Waals surface area contributed by atoms with E-state index in [1.807, 2.05) is 33.8 Å². The standard InChI is InChI=1S/C23H28N3O2/c1-14(2)8-16-10-19(13-25-15(16)3)26-22(27)20-11-18(23(4,5)6)9-17(12-24)21(20)28-7/h9-11,13H,8H2,1-7H3,(H,26,27). The SMILES string of the molecule is COc1c(C#N)cc(C(C)(C)C)cc1C(=O)Nc1cnc(C)c(C[C](C)C)c1. The highest BCUT2D eigenvalue weighted by molar-refractivity contribution is 6.06. The van der Waals surface area contributed by atoms with Gasteiger partial charge in [-0.05, 0) is 54.0 Å². The Bertz CT molecular complexity index is 919. The van der Waals surface area contributed by atoms with Crippen molar-refractivity contribution in [3.8, 4) is 11.8 Å². The van der Waals surface area contributed by atoms with Crippen molar-refractivity contribution in [1.82, 2.24) is 4.98 Å². The summed E-state index contributed by atoms with van der Waals surface area (Å²) in [5.41, 5.74) is 4.01. The van der Waals surface area contributed by atoms with E-state index in [4.69, 9.17) is 4.74 Å². The molecule has 1 heterocycles. The summed E-state index contributed by atoms with van der Waals surface area (Å²) in [6.45, 7) is 12.2. The molecular formula is C23H28N3O2. The first-order chi connectivity index (χ1) is 13.1. The zero-order chi connectivity index (χ0) is 21.1. The highest BCUT2D eigenvalue weighted by Crippen LogP contribution is 2.32. The van der Waals surface area contributed by atoms with E-state index in [-0.39, 0.29) is 17.1 Å². The topological polar surface area (TPSA) is 75.0 Å². The van der Waals surface area contributed by atoms with Crippen molar-refractivity contribution in [2.45, 2.75) is 53.4 Å². The van der Waals surface area contributed by atoms with Crippen LogP contribution in [-0.2, 0) is 11.8 Å². The Kier molecular flexibility index (Phi) is 6.45. The van der Waals surface area contributed by atoms with Crippen LogP contribution in [0.25, 0.3) is 0 Å². The van der Waals surface area contributed by atoms with Crippen LogP contribution in [0.5, 0.6) is 5.75 Å². The lowest BCUT2D eigenvalue weighted by Gasteiger charge is -2.22. The average Bonchev–Trinajstić information content (AvgIpc) is 2.61. The minimum Gasteiger partial charge on any atom is -0.495 e. The predicted molar refractivity (Wildman–Crippen MR) is 112 cm³/mol. The number of benzene rings is 1. The normalized spacial score (nSPS) is 11.2. The third-order valence-electron chi connectivity index (χ3n) is 4.52. The summed E-state index contributed by atoms with van der Waals surface area (Å²) in [7, 11) is 1.47. The van der Waals surface area contributed by atoms with Crippen molar-refractivity contribution in [2.24, 2.45) is 0 Å². The molecule has 0 saturated heterocycles. The van der Waals surface area contributed by atoms with Crippen LogP contribution >= 0.6 is 0 Å². The van der Waals surface area contributed by atoms with Crippen LogP contribution in [-0.4, -0.2) is 18.0 Å². The molecule has 0 unspecified atom stereocenters. The molecule has 0 spiro atoms. The second-order valence-electron chi connectivity index (χ2n) is 8.27. The maximum atomic E-state index is 13.0. The second-order valence-corrected chi connectivity index (χ2v) is 8.27. The number of pyridine rings is 1. The fourth-order valence-electron chi connectivity index (χ4n) is 2.94. The largest absolute Gasteiger partial charge is 0.495 e. The molecule has 0 bridgehead atoms. The first kappa shape index (κ1) is 21.4. The Morgan fingerprint density at radius 1 is 1.25 bits per heavy atom. The molecule has 0 aliphatic rings. The van der Waals surface area contributed by atoms with E-state index in [2.05, 4.69) is 30.2 Å². The fourth-order valence-corrected chi connectivity index (χ4v) is 2.94. The van der Waals surface area contributed by atoms with Crippen molar-refractivity contribution >= 4 is 11.6 Å². The number of amides is 1. The molecule has 1 radical (unpaired) electrons. The Hall–Kier alpha value is -2.87. The summed E-state index contributed by atoms with van der Waals surface area (Å²) < 4.78 is 5.39. The lowest BCUT2D eigenvalue weighted by Crippen LogP contribution is -2.18. The molecule has 1 N–H and O–H groups in total. The number of hydrogen-bond donors (Lipinski definition) is 1. The highest BCUT2D eigenvalue weighted by Gasteiger charge is 2.23. The van der Waals surface area contributed by atoms with Gasteiger partial charge in [-0.3, -0.25) is 9.78 Å². The van der Waals surface area contributed by atoms with Crippen LogP contribution in [0.3, 0.4) is 0 Å². The van der Waals surface area contributed by atoms with Gasteiger partial charge in [0.05, 0.1) is 30.1 Å². The molecule has 1 aromatic heterocycles. The smallest absolute Gasteiger partial charge is 0.259 e. The molecule has 0 atom stereocenters. The van der Waals surface area contributed by atoms with E-state index in [9.17, 15) is 10.1 Å². The molecule has 2 rings (SSSR count). The van der Waals surface area contributed by atoms with Gasteiger partial charge in [0.15, 0.2) is 0 Å². The zero-order valence-electron chi connectivity index (χ0n) is 17.7. The number of carbonyl (C=O) groups excluding carboxylic acids is 1. The number of hydrogen-bond acceptors (Lipinski definition) is 4. The van der Waals surface area contributed by atoms with Crippen LogP contribution in [0.1, 0.15) is 67.4 Å². The number of methoxy groups -OCH3 is 1. The number of rotatable bonds is 5. The first-order valence-corrected chi connectivity index (χ1v) is 9.25. The van der Waals surface area contributed by atoms with Gasteiger partial charge in [0.25, 0.3) is 5.91 Å². The summed E-state index contributed by atoms with van der Waals surface area (Å²) in [6.07, 6.45) is 2.46. The number of nitrogens with one attached hydrogen (secondary N) is 1. The number of nitriles is 1. The summed E-state index contributed by atoms with van der Waals surface area (Å²) in [4.78, 5) is 17.4. The fraction of sp³-hybridized carbons (Fsp3) is 0.391. The van der Waals surface area contributed by atoms with Gasteiger partial charge >= 0.3 is 0 Å². The highest BCUT2D eigenvalue weighted by atomic mass is 16.5. The number of aromatic nitrogens is 1. The summed E-state index contributed by atoms with van der Waals surface area (Å²) in [6, 6.07) is 7.65. The maximum Gasteiger partial charge on any atom is 0.259 e. The van der Waals surface area contributed by atoms with E-state index < -0.39 is 0 Å². The number of anilines is 1. The van der Waals surface area contributed by atoms with Crippen LogP contribution in [0.15, 0.2) is 24.4 Å². The summed E-state index contributed by atoms with van der Waals surface area (Å²) in [5, 5.41) is 12.4. The minimum atomic E-state index is -0.326. The summed E-state index contributed by atoms with van der Waals surface area (Å²) >= 11 is 0. The Labute approximate surface area is 167 Å². The Morgan fingerprint density at radius 2 is 1.93 bits per heavy atom. The first-order valence-electron chi connectivity index (χ1n) is 9.25. The van der Waals surface area contributed by atoms with Gasteiger partial charge in [-0.25, -0.2) is 0 Å². The monoisotopic (exact) mass is 378 g/mol. The van der Waals surface area contributed by atoms with Gasteiger partial charge in [-0.1, -0.05) is 34.6 Å². The third kappa shape index (κ3) is 4.89. The second kappa shape index (κ2) is 8.43. The number of nitrogens with zero attached hydrogens (tertiary/aromatic N) is 2. The van der Waals surface area contributed by atoms with Crippen molar-refractivity contribution in [3.63, 3.8) is 0 Å². The molecule has 2 aromatic rings. The Balaban J connectivity index is 2.45. The Morgan fingerprint density at radius 3 is 2.46 bits per heavy atom. The maximum absolute atomic E-state index is 13.0. The van der Waals surface area contributed by atoms with Gasteiger partial charge in [-0.2, -0.15) is 5.26 Å². The molecule has 0 saturated carbocycles. The van der Waals surface area contributed by atoms with E-state index in [0.717, 1.165) is 23.2 Å². The van der Waals surface area contributed by atoms with Crippen LogP contribution in [0.4, 0.5) is 5.69 Å². The molecule has 5 heteroatoms. The molecular weight excluding hydrogens is 350 g/mol. The molecule has 5 nitrogen and oxygen atoms in total. The molecule has 1 amide bonds. The van der Waals surface area contributed by atoms with Crippen molar-refractivity contribution in [2.75, 3.05) is 12.4 Å². The predicted octanol–water partition coefficient (Wildman–Crippen LogP) is 4.98. The number of aryl methyl sites for hydroxylation is 1. The molecule has 0 fully saturated rings. The third-order valence-corrected chi connectivity index (χ3v) is 4.52. The van der Waals surface area contributed by atoms with Gasteiger partial charge < -0.3 is 10.1 Å². The molecule has 0 aliphatic carbocycles. The number of ether oxygens (including phenoxy) is 1. The van der Waals surface area contributed by atoms with Crippen molar-refractivity contribution in [3.05, 3.63) is 58.3 Å². The quantitative estimate of drug-likeness (QED) is 0.796. The van der Waals surface area contributed by atoms with E-state index >= 15 is 0 Å². The minimum absolute atomic E-state index is 0.208. The zero-order valence-corrected chi connectivity index (χ0v) is 17.7. The van der Waals surface area contributed by atoms with Gasteiger partial charge in [0.2, 0.25) is 0 Å². The van der Waals surface area contributed by atoms with Crippen LogP contribution < -0.4 is 10.1 Å². The molecule has 28 heavy (non-hydrogen) atoms. The van der Waals surface area contributed by atoms with Gasteiger partial charge in [0, 0.05) is 5.69 Å². The molecule has 1 aromatic carbocycles. The van der Waals surface area contributed by atoms with Crippen molar-refractivity contribution < 1.29 is 9.53 Å². The molecule has 147 valence electrons. The lowest BCUT2D eigenvalue weighted by molar-refractivity contribution is 0.102. The van der Waals surface area contributed by atoms with Gasteiger partial charge in [0.1, 0.15) is 11.8 Å². The van der Waals surface area contributed by atoms with E-state index in [1.54, 1.807) is 18.3 Å². The lowest BCUT2D eigenvalue weighted by atomic mass is 9.84.